The molecule has 0 spiro atoms. The van der Waals surface area contributed by atoms with Gasteiger partial charge in [-0.15, -0.1) is 0 Å². The standard InChI is InChI=1S/C21H17NO6/c1-11-8-18(24)28-21-14(11)6-7-16-20(21)15(9-19(25)27-16)12-2-4-13(5-3-12)26-10-17(22)23/h2-8,15H,9-10H2,1H3,(H2,22,23)/t15-/m0/s1. The quantitative estimate of drug-likeness (QED) is 0.424. The van der Waals surface area contributed by atoms with Gasteiger partial charge in [0.05, 0.1) is 6.42 Å². The van der Waals surface area contributed by atoms with Crippen molar-refractivity contribution in [2.45, 2.75) is 19.3 Å². The molecule has 1 aliphatic rings. The summed E-state index contributed by atoms with van der Waals surface area (Å²) in [6.45, 7) is 1.62. The Morgan fingerprint density at radius 2 is 1.93 bits per heavy atom. The number of hydrogen-bond donors (Lipinski definition) is 1. The summed E-state index contributed by atoms with van der Waals surface area (Å²) in [5.41, 5.74) is 7.35. The van der Waals surface area contributed by atoms with Crippen molar-refractivity contribution in [2.75, 3.05) is 6.61 Å². The first kappa shape index (κ1) is 17.8. The minimum Gasteiger partial charge on any atom is -0.484 e. The van der Waals surface area contributed by atoms with E-state index in [0.717, 1.165) is 16.5 Å². The van der Waals surface area contributed by atoms with Gasteiger partial charge in [-0.25, -0.2) is 4.79 Å². The summed E-state index contributed by atoms with van der Waals surface area (Å²) in [5.74, 6) is -0.390. The lowest BCUT2D eigenvalue weighted by Crippen LogP contribution is -2.22. The van der Waals surface area contributed by atoms with Crippen LogP contribution in [0.15, 0.2) is 51.7 Å². The zero-order chi connectivity index (χ0) is 19.8. The minimum absolute atomic E-state index is 0.116. The lowest BCUT2D eigenvalue weighted by atomic mass is 9.85. The first-order chi connectivity index (χ1) is 13.4. The van der Waals surface area contributed by atoms with Crippen molar-refractivity contribution < 1.29 is 23.5 Å². The molecule has 3 aromatic rings. The number of primary amides is 1. The van der Waals surface area contributed by atoms with Crippen LogP contribution >= 0.6 is 0 Å². The molecule has 0 saturated heterocycles. The second-order valence-electron chi connectivity index (χ2n) is 6.66. The normalized spacial score (nSPS) is 15.8. The summed E-state index contributed by atoms with van der Waals surface area (Å²) in [7, 11) is 0. The predicted molar refractivity (Wildman–Crippen MR) is 100 cm³/mol. The highest BCUT2D eigenvalue weighted by molar-refractivity contribution is 5.89. The Morgan fingerprint density at radius 1 is 1.18 bits per heavy atom. The Hall–Kier alpha value is -3.61. The zero-order valence-corrected chi connectivity index (χ0v) is 15.1. The van der Waals surface area contributed by atoms with Gasteiger partial charge in [-0.1, -0.05) is 12.1 Å². The zero-order valence-electron chi connectivity index (χ0n) is 15.1. The number of rotatable bonds is 4. The summed E-state index contributed by atoms with van der Waals surface area (Å²) >= 11 is 0. The average Bonchev–Trinajstić information content (AvgIpc) is 2.65. The molecule has 7 nitrogen and oxygen atoms in total. The van der Waals surface area contributed by atoms with E-state index in [0.29, 0.717) is 22.6 Å². The Labute approximate surface area is 159 Å². The van der Waals surface area contributed by atoms with Crippen LogP contribution in [0, 0.1) is 6.92 Å². The highest BCUT2D eigenvalue weighted by atomic mass is 16.5. The monoisotopic (exact) mass is 379 g/mol. The Kier molecular flexibility index (Phi) is 4.35. The number of nitrogens with two attached hydrogens (primary N) is 1. The van der Waals surface area contributed by atoms with Gasteiger partial charge in [0.15, 0.2) is 6.61 Å². The van der Waals surface area contributed by atoms with Gasteiger partial charge in [-0.2, -0.15) is 0 Å². The van der Waals surface area contributed by atoms with Gasteiger partial charge in [0.25, 0.3) is 5.91 Å². The lowest BCUT2D eigenvalue weighted by molar-refractivity contribution is -0.135. The third-order valence-corrected chi connectivity index (χ3v) is 4.72. The van der Waals surface area contributed by atoms with Gasteiger partial charge in [0.1, 0.15) is 17.1 Å². The first-order valence-electron chi connectivity index (χ1n) is 8.71. The molecule has 1 amide bonds. The summed E-state index contributed by atoms with van der Waals surface area (Å²) in [6.07, 6.45) is 0.116. The number of esters is 1. The van der Waals surface area contributed by atoms with E-state index in [2.05, 4.69) is 0 Å². The number of ether oxygens (including phenoxy) is 2. The molecule has 0 radical (unpaired) electrons. The van der Waals surface area contributed by atoms with E-state index < -0.39 is 11.5 Å². The van der Waals surface area contributed by atoms with Gasteiger partial charge in [0.2, 0.25) is 0 Å². The molecule has 0 aliphatic carbocycles. The smallest absolute Gasteiger partial charge is 0.336 e. The van der Waals surface area contributed by atoms with E-state index >= 15 is 0 Å². The Bertz CT molecular complexity index is 1150. The van der Waals surface area contributed by atoms with Gasteiger partial charge in [-0.05, 0) is 42.3 Å². The number of hydrogen-bond acceptors (Lipinski definition) is 6. The molecule has 2 N–H and O–H groups in total. The molecule has 1 aromatic heterocycles. The number of aryl methyl sites for hydroxylation is 1. The van der Waals surface area contributed by atoms with Crippen LogP contribution in [-0.2, 0) is 9.59 Å². The summed E-state index contributed by atoms with van der Waals surface area (Å²) in [6, 6.07) is 11.9. The number of benzene rings is 2. The van der Waals surface area contributed by atoms with Crippen molar-refractivity contribution in [3.8, 4) is 11.5 Å². The number of carbonyl (C=O) groups is 2. The molecule has 0 bridgehead atoms. The van der Waals surface area contributed by atoms with Crippen molar-refractivity contribution >= 4 is 22.8 Å². The van der Waals surface area contributed by atoms with Crippen LogP contribution in [-0.4, -0.2) is 18.5 Å². The number of fused-ring (bicyclic) bond motifs is 3. The van der Waals surface area contributed by atoms with Crippen LogP contribution in [0.5, 0.6) is 11.5 Å². The molecule has 1 aliphatic heterocycles. The van der Waals surface area contributed by atoms with Gasteiger partial charge in [-0.3, -0.25) is 9.59 Å². The maximum absolute atomic E-state index is 12.1. The molecular weight excluding hydrogens is 362 g/mol. The maximum atomic E-state index is 12.1. The van der Waals surface area contributed by atoms with Crippen LogP contribution in [0.25, 0.3) is 11.0 Å². The van der Waals surface area contributed by atoms with Crippen LogP contribution in [0.1, 0.15) is 29.0 Å². The fraction of sp³-hybridized carbons (Fsp3) is 0.190. The van der Waals surface area contributed by atoms with E-state index in [-0.39, 0.29) is 24.9 Å². The largest absolute Gasteiger partial charge is 0.484 e. The second-order valence-corrected chi connectivity index (χ2v) is 6.66. The van der Waals surface area contributed by atoms with E-state index in [1.54, 1.807) is 36.4 Å². The number of carbonyl (C=O) groups excluding carboxylic acids is 2. The fourth-order valence-electron chi connectivity index (χ4n) is 3.47. The van der Waals surface area contributed by atoms with Crippen molar-refractivity contribution in [3.05, 3.63) is 69.6 Å². The highest BCUT2D eigenvalue weighted by Crippen LogP contribution is 2.43. The number of amides is 1. The molecule has 4 rings (SSSR count). The van der Waals surface area contributed by atoms with Crippen molar-refractivity contribution in [2.24, 2.45) is 5.73 Å². The van der Waals surface area contributed by atoms with E-state index in [4.69, 9.17) is 19.6 Å². The van der Waals surface area contributed by atoms with Crippen LogP contribution < -0.4 is 20.8 Å². The van der Waals surface area contributed by atoms with Crippen molar-refractivity contribution in [1.82, 2.24) is 0 Å². The topological polar surface area (TPSA) is 109 Å². The summed E-state index contributed by atoms with van der Waals surface area (Å²) < 4.78 is 16.2. The molecule has 28 heavy (non-hydrogen) atoms. The summed E-state index contributed by atoms with van der Waals surface area (Å²) in [5, 5.41) is 0.794. The van der Waals surface area contributed by atoms with Crippen LogP contribution in [0.2, 0.25) is 0 Å². The van der Waals surface area contributed by atoms with Crippen molar-refractivity contribution in [3.63, 3.8) is 0 Å². The highest BCUT2D eigenvalue weighted by Gasteiger charge is 2.31. The van der Waals surface area contributed by atoms with E-state index in [1.165, 1.54) is 6.07 Å². The molecule has 0 fully saturated rings. The van der Waals surface area contributed by atoms with Gasteiger partial charge < -0.3 is 19.6 Å². The van der Waals surface area contributed by atoms with E-state index in [9.17, 15) is 14.4 Å². The third kappa shape index (κ3) is 3.22. The predicted octanol–water partition coefficient (Wildman–Crippen LogP) is 2.41. The van der Waals surface area contributed by atoms with Crippen LogP contribution in [0.4, 0.5) is 0 Å². The van der Waals surface area contributed by atoms with Gasteiger partial charge >= 0.3 is 11.6 Å². The molecule has 142 valence electrons. The molecule has 2 heterocycles. The van der Waals surface area contributed by atoms with Gasteiger partial charge in [0, 0.05) is 22.9 Å². The molecular formula is C21H17NO6. The van der Waals surface area contributed by atoms with Crippen molar-refractivity contribution in [1.29, 1.82) is 0 Å². The Morgan fingerprint density at radius 3 is 2.64 bits per heavy atom. The first-order valence-corrected chi connectivity index (χ1v) is 8.71. The molecule has 1 atom stereocenters. The Balaban J connectivity index is 1.81. The summed E-state index contributed by atoms with van der Waals surface area (Å²) in [4.78, 5) is 34.9. The minimum atomic E-state index is -0.565. The molecule has 7 heteroatoms. The van der Waals surface area contributed by atoms with Crippen LogP contribution in [0.3, 0.4) is 0 Å². The fourth-order valence-corrected chi connectivity index (χ4v) is 3.47. The third-order valence-electron chi connectivity index (χ3n) is 4.72. The molecule has 0 unspecified atom stereocenters. The maximum Gasteiger partial charge on any atom is 0.336 e. The second kappa shape index (κ2) is 6.84. The van der Waals surface area contributed by atoms with E-state index in [1.807, 2.05) is 6.92 Å². The molecule has 2 aromatic carbocycles. The SMILES string of the molecule is Cc1cc(=O)oc2c3c(ccc12)OC(=O)C[C@H]3c1ccc(OCC(N)=O)cc1. The lowest BCUT2D eigenvalue weighted by Gasteiger charge is -2.25. The average molecular weight is 379 g/mol. The molecule has 0 saturated carbocycles.